The maximum Gasteiger partial charge on any atom is 0.418 e. The molecule has 0 aliphatic rings. The van der Waals surface area contributed by atoms with Gasteiger partial charge in [0.05, 0.1) is 11.4 Å². The van der Waals surface area contributed by atoms with E-state index in [1.165, 1.54) is 28.9 Å². The lowest BCUT2D eigenvalue weighted by molar-refractivity contribution is -0.206. The van der Waals surface area contributed by atoms with Crippen LogP contribution in [0.25, 0.3) is 5.69 Å². The first-order chi connectivity index (χ1) is 10.2. The molecule has 0 bridgehead atoms. The first kappa shape index (κ1) is 16.4. The van der Waals surface area contributed by atoms with Crippen LogP contribution in [0.15, 0.2) is 30.3 Å². The van der Waals surface area contributed by atoms with Gasteiger partial charge in [-0.3, -0.25) is 0 Å². The van der Waals surface area contributed by atoms with Crippen LogP contribution in [-0.4, -0.2) is 21.1 Å². The molecule has 2 aromatic rings. The summed E-state index contributed by atoms with van der Waals surface area (Å²) in [4.78, 5) is 0. The van der Waals surface area contributed by atoms with Crippen molar-refractivity contribution in [2.24, 2.45) is 5.92 Å². The largest absolute Gasteiger partial charge is 0.418 e. The first-order valence-corrected chi connectivity index (χ1v) is 6.88. The predicted octanol–water partition coefficient (Wildman–Crippen LogP) is 3.25. The van der Waals surface area contributed by atoms with Gasteiger partial charge in [0.2, 0.25) is 0 Å². The fourth-order valence-corrected chi connectivity index (χ4v) is 2.16. The number of hydrogen-bond donors (Lipinski definition) is 2. The van der Waals surface area contributed by atoms with E-state index in [4.69, 9.17) is 5.73 Å². The normalized spacial score (nSPS) is 13.6. The molecule has 0 fully saturated rings. The van der Waals surface area contributed by atoms with Crippen molar-refractivity contribution in [3.63, 3.8) is 0 Å². The van der Waals surface area contributed by atoms with Crippen molar-refractivity contribution in [2.75, 3.05) is 5.73 Å². The van der Waals surface area contributed by atoms with E-state index in [2.05, 4.69) is 18.9 Å². The van der Waals surface area contributed by atoms with Gasteiger partial charge in [-0.1, -0.05) is 26.0 Å². The zero-order chi connectivity index (χ0) is 16.5. The molecule has 0 radical (unpaired) electrons. The van der Waals surface area contributed by atoms with E-state index in [9.17, 15) is 18.3 Å². The monoisotopic (exact) mass is 313 g/mol. The second-order valence-electron chi connectivity index (χ2n) is 5.61. The zero-order valence-electron chi connectivity index (χ0n) is 12.3. The maximum absolute atomic E-state index is 12.5. The Morgan fingerprint density at radius 2 is 1.82 bits per heavy atom. The molecule has 1 unspecified atom stereocenters. The van der Waals surface area contributed by atoms with Crippen LogP contribution in [0.5, 0.6) is 0 Å². The Bertz CT molecular complexity index is 632. The van der Waals surface area contributed by atoms with Gasteiger partial charge < -0.3 is 10.8 Å². The molecule has 0 aliphatic carbocycles. The quantitative estimate of drug-likeness (QED) is 0.910. The molecule has 22 heavy (non-hydrogen) atoms. The summed E-state index contributed by atoms with van der Waals surface area (Å²) in [5.41, 5.74) is 7.04. The molecule has 0 spiro atoms. The number of nitrogen functional groups attached to an aromatic ring is 1. The summed E-state index contributed by atoms with van der Waals surface area (Å²) in [6.45, 7) is 4.12. The molecule has 0 aliphatic heterocycles. The highest BCUT2D eigenvalue weighted by molar-refractivity contribution is 5.44. The fourth-order valence-electron chi connectivity index (χ4n) is 2.16. The van der Waals surface area contributed by atoms with Gasteiger partial charge >= 0.3 is 6.18 Å². The molecule has 1 aromatic heterocycles. The highest BCUT2D eigenvalue weighted by Gasteiger charge is 2.39. The number of hydrogen-bond acceptors (Lipinski definition) is 3. The van der Waals surface area contributed by atoms with E-state index >= 15 is 0 Å². The smallest absolute Gasteiger partial charge is 0.384 e. The van der Waals surface area contributed by atoms with Gasteiger partial charge in [0, 0.05) is 6.07 Å². The molecule has 2 rings (SSSR count). The van der Waals surface area contributed by atoms with E-state index in [0.29, 0.717) is 17.4 Å². The van der Waals surface area contributed by atoms with Gasteiger partial charge in [-0.25, -0.2) is 4.68 Å². The van der Waals surface area contributed by atoms with Crippen LogP contribution in [0.1, 0.15) is 31.2 Å². The molecule has 0 amide bonds. The third-order valence-corrected chi connectivity index (χ3v) is 3.17. The van der Waals surface area contributed by atoms with Gasteiger partial charge in [-0.15, -0.1) is 0 Å². The number of halogens is 3. The number of benzene rings is 1. The van der Waals surface area contributed by atoms with Crippen LogP contribution in [0, 0.1) is 5.92 Å². The number of aliphatic hydroxyl groups is 1. The summed E-state index contributed by atoms with van der Waals surface area (Å²) >= 11 is 0. The van der Waals surface area contributed by atoms with Crippen molar-refractivity contribution < 1.29 is 18.3 Å². The average Bonchev–Trinajstić information content (AvgIpc) is 2.77. The van der Waals surface area contributed by atoms with Crippen LogP contribution in [0.2, 0.25) is 0 Å². The summed E-state index contributed by atoms with van der Waals surface area (Å²) in [7, 11) is 0. The number of aliphatic hydroxyl groups excluding tert-OH is 1. The second-order valence-corrected chi connectivity index (χ2v) is 5.61. The van der Waals surface area contributed by atoms with Gasteiger partial charge in [0.15, 0.2) is 6.10 Å². The average molecular weight is 313 g/mol. The summed E-state index contributed by atoms with van der Waals surface area (Å²) in [5, 5.41) is 13.6. The molecule has 1 atom stereocenters. The van der Waals surface area contributed by atoms with Crippen LogP contribution in [0.3, 0.4) is 0 Å². The van der Waals surface area contributed by atoms with Gasteiger partial charge in [0.1, 0.15) is 5.82 Å². The molecule has 120 valence electrons. The minimum absolute atomic E-state index is 0.218. The number of aromatic nitrogens is 2. The maximum atomic E-state index is 12.5. The van der Waals surface area contributed by atoms with Gasteiger partial charge in [-0.05, 0) is 30.0 Å². The van der Waals surface area contributed by atoms with Crippen LogP contribution >= 0.6 is 0 Å². The fraction of sp³-hybridized carbons (Fsp3) is 0.400. The standard InChI is InChI=1S/C15H18F3N3O/c1-9(2)7-11-8-13(19)21(20-11)12-5-3-10(4-6-12)14(22)15(16,17)18/h3-6,8-9,14,22H,7,19H2,1-2H3. The molecule has 4 nitrogen and oxygen atoms in total. The lowest BCUT2D eigenvalue weighted by Gasteiger charge is -2.15. The topological polar surface area (TPSA) is 64.1 Å². The number of rotatable bonds is 4. The second kappa shape index (κ2) is 6.00. The number of anilines is 1. The van der Waals surface area contributed by atoms with E-state index < -0.39 is 12.3 Å². The Morgan fingerprint density at radius 1 is 1.23 bits per heavy atom. The minimum atomic E-state index is -4.68. The highest BCUT2D eigenvalue weighted by atomic mass is 19.4. The van der Waals surface area contributed by atoms with Crippen LogP contribution in [0.4, 0.5) is 19.0 Å². The number of nitrogens with zero attached hydrogens (tertiary/aromatic N) is 2. The van der Waals surface area contributed by atoms with Gasteiger partial charge in [-0.2, -0.15) is 18.3 Å². The van der Waals surface area contributed by atoms with Crippen molar-refractivity contribution in [1.29, 1.82) is 0 Å². The van der Waals surface area contributed by atoms with Gasteiger partial charge in [0.25, 0.3) is 0 Å². The Kier molecular flexibility index (Phi) is 4.46. The predicted molar refractivity (Wildman–Crippen MR) is 77.5 cm³/mol. The first-order valence-electron chi connectivity index (χ1n) is 6.88. The van der Waals surface area contributed by atoms with Crippen molar-refractivity contribution in [2.45, 2.75) is 32.5 Å². The Hall–Kier alpha value is -2.02. The third-order valence-electron chi connectivity index (χ3n) is 3.17. The molecule has 0 saturated heterocycles. The highest BCUT2D eigenvalue weighted by Crippen LogP contribution is 2.32. The summed E-state index contributed by atoms with van der Waals surface area (Å²) < 4.78 is 38.9. The Labute approximate surface area is 126 Å². The number of nitrogens with two attached hydrogens (primary N) is 1. The van der Waals surface area contributed by atoms with Crippen LogP contribution in [-0.2, 0) is 6.42 Å². The molecule has 7 heteroatoms. The summed E-state index contributed by atoms with van der Waals surface area (Å²) in [6.07, 6.45) is -6.41. The van der Waals surface area contributed by atoms with E-state index in [0.717, 1.165) is 12.1 Å². The Balaban J connectivity index is 2.26. The molecule has 1 heterocycles. The lowest BCUT2D eigenvalue weighted by atomic mass is 10.1. The zero-order valence-corrected chi connectivity index (χ0v) is 12.3. The molecule has 1 aromatic carbocycles. The molecular weight excluding hydrogens is 295 g/mol. The lowest BCUT2D eigenvalue weighted by Crippen LogP contribution is -2.20. The van der Waals surface area contributed by atoms with Crippen molar-refractivity contribution in [1.82, 2.24) is 9.78 Å². The van der Waals surface area contributed by atoms with Crippen molar-refractivity contribution in [3.05, 3.63) is 41.6 Å². The molecular formula is C15H18F3N3O. The van der Waals surface area contributed by atoms with E-state index in [-0.39, 0.29) is 5.56 Å². The SMILES string of the molecule is CC(C)Cc1cc(N)n(-c2ccc(C(O)C(F)(F)F)cc2)n1. The summed E-state index contributed by atoms with van der Waals surface area (Å²) in [5.74, 6) is 0.840. The molecule has 0 saturated carbocycles. The molecule has 3 N–H and O–H groups in total. The summed E-state index contributed by atoms with van der Waals surface area (Å²) in [6, 6.07) is 7.09. The minimum Gasteiger partial charge on any atom is -0.384 e. The number of alkyl halides is 3. The Morgan fingerprint density at radius 3 is 2.32 bits per heavy atom. The van der Waals surface area contributed by atoms with Crippen molar-refractivity contribution >= 4 is 5.82 Å². The van der Waals surface area contributed by atoms with Crippen molar-refractivity contribution in [3.8, 4) is 5.69 Å². The van der Waals surface area contributed by atoms with E-state index in [1.807, 2.05) is 0 Å². The van der Waals surface area contributed by atoms with Crippen LogP contribution < -0.4 is 5.73 Å². The third kappa shape index (κ3) is 3.59. The van der Waals surface area contributed by atoms with E-state index in [1.54, 1.807) is 6.07 Å².